The number of imidazole rings is 1. The van der Waals surface area contributed by atoms with E-state index in [-0.39, 0.29) is 0 Å². The summed E-state index contributed by atoms with van der Waals surface area (Å²) in [5, 5.41) is 4.18. The third-order valence-corrected chi connectivity index (χ3v) is 4.14. The molecule has 4 rings (SSSR count). The SMILES string of the molecule is Clc1ccc2ncc(-c3cccc(C4CCCN4)n3)n2c1. The number of halogens is 1. The fourth-order valence-corrected chi connectivity index (χ4v) is 3.03. The van der Waals surface area contributed by atoms with Gasteiger partial charge in [-0.05, 0) is 43.7 Å². The van der Waals surface area contributed by atoms with Gasteiger partial charge in [0.2, 0.25) is 0 Å². The molecule has 3 aromatic rings. The fourth-order valence-electron chi connectivity index (χ4n) is 2.87. The quantitative estimate of drug-likeness (QED) is 0.787. The number of hydrogen-bond acceptors (Lipinski definition) is 3. The molecule has 0 aromatic carbocycles. The minimum Gasteiger partial charge on any atom is -0.309 e. The number of fused-ring (bicyclic) bond motifs is 1. The normalized spacial score (nSPS) is 18.4. The van der Waals surface area contributed by atoms with E-state index in [0.29, 0.717) is 11.1 Å². The molecule has 1 fully saturated rings. The molecule has 0 aliphatic carbocycles. The van der Waals surface area contributed by atoms with E-state index in [1.54, 1.807) is 0 Å². The Morgan fingerprint density at radius 3 is 3.05 bits per heavy atom. The minimum absolute atomic E-state index is 0.368. The predicted octanol–water partition coefficient (Wildman–Crippen LogP) is 3.47. The Bertz CT molecular complexity index is 790. The van der Waals surface area contributed by atoms with Gasteiger partial charge in [-0.15, -0.1) is 0 Å². The summed E-state index contributed by atoms with van der Waals surface area (Å²) in [5.41, 5.74) is 3.87. The van der Waals surface area contributed by atoms with Crippen LogP contribution in [0.25, 0.3) is 17.0 Å². The van der Waals surface area contributed by atoms with Crippen LogP contribution < -0.4 is 5.32 Å². The first-order chi connectivity index (χ1) is 10.3. The number of pyridine rings is 2. The molecule has 1 aliphatic rings. The molecule has 4 nitrogen and oxygen atoms in total. The molecule has 1 N–H and O–H groups in total. The molecule has 1 aliphatic heterocycles. The van der Waals surface area contributed by atoms with Crippen molar-refractivity contribution in [2.24, 2.45) is 0 Å². The number of nitrogens with one attached hydrogen (secondary N) is 1. The summed E-state index contributed by atoms with van der Waals surface area (Å²) < 4.78 is 1.98. The molecule has 1 saturated heterocycles. The van der Waals surface area contributed by atoms with Gasteiger partial charge in [-0.3, -0.25) is 4.40 Å². The van der Waals surface area contributed by atoms with Gasteiger partial charge in [0.25, 0.3) is 0 Å². The Labute approximate surface area is 127 Å². The Balaban J connectivity index is 1.81. The van der Waals surface area contributed by atoms with Gasteiger partial charge in [0.1, 0.15) is 5.65 Å². The van der Waals surface area contributed by atoms with Gasteiger partial charge in [0, 0.05) is 12.2 Å². The number of aromatic nitrogens is 3. The third-order valence-electron chi connectivity index (χ3n) is 3.92. The van der Waals surface area contributed by atoms with E-state index in [4.69, 9.17) is 16.6 Å². The highest BCUT2D eigenvalue weighted by atomic mass is 35.5. The Kier molecular flexibility index (Phi) is 3.13. The molecule has 5 heteroatoms. The summed E-state index contributed by atoms with van der Waals surface area (Å²) in [6.07, 6.45) is 6.08. The molecule has 0 saturated carbocycles. The monoisotopic (exact) mass is 298 g/mol. The molecule has 3 aromatic heterocycles. The van der Waals surface area contributed by atoms with E-state index in [2.05, 4.69) is 22.4 Å². The Hall–Kier alpha value is -1.91. The van der Waals surface area contributed by atoms with Crippen LogP contribution in [-0.2, 0) is 0 Å². The van der Waals surface area contributed by atoms with Gasteiger partial charge in [0.15, 0.2) is 0 Å². The van der Waals surface area contributed by atoms with Crippen LogP contribution in [0.4, 0.5) is 0 Å². The molecule has 0 spiro atoms. The molecule has 0 bridgehead atoms. The van der Waals surface area contributed by atoms with E-state index in [9.17, 15) is 0 Å². The zero-order valence-corrected chi connectivity index (χ0v) is 12.2. The first-order valence-electron chi connectivity index (χ1n) is 7.14. The third kappa shape index (κ3) is 2.30. The van der Waals surface area contributed by atoms with Gasteiger partial charge in [-0.25, -0.2) is 9.97 Å². The zero-order valence-electron chi connectivity index (χ0n) is 11.5. The van der Waals surface area contributed by atoms with E-state index >= 15 is 0 Å². The highest BCUT2D eigenvalue weighted by molar-refractivity contribution is 6.30. The van der Waals surface area contributed by atoms with Gasteiger partial charge in [-0.1, -0.05) is 17.7 Å². The first kappa shape index (κ1) is 12.8. The van der Waals surface area contributed by atoms with Crippen LogP contribution in [0.5, 0.6) is 0 Å². The van der Waals surface area contributed by atoms with Gasteiger partial charge in [0.05, 0.1) is 28.3 Å². The summed E-state index contributed by atoms with van der Waals surface area (Å²) in [4.78, 5) is 9.22. The smallest absolute Gasteiger partial charge is 0.137 e. The standard InChI is InChI=1S/C16H15ClN4/c17-11-6-7-16-19-9-15(21(16)10-11)14-4-1-3-13(20-14)12-5-2-8-18-12/h1,3-4,6-7,9-10,12,18H,2,5,8H2. The maximum Gasteiger partial charge on any atom is 0.137 e. The lowest BCUT2D eigenvalue weighted by molar-refractivity contribution is 0.628. The van der Waals surface area contributed by atoms with Gasteiger partial charge in [-0.2, -0.15) is 0 Å². The number of nitrogens with zero attached hydrogens (tertiary/aromatic N) is 3. The van der Waals surface area contributed by atoms with Crippen molar-refractivity contribution in [1.82, 2.24) is 19.7 Å². The number of hydrogen-bond donors (Lipinski definition) is 1. The largest absolute Gasteiger partial charge is 0.309 e. The molecule has 21 heavy (non-hydrogen) atoms. The average molecular weight is 299 g/mol. The molecule has 1 unspecified atom stereocenters. The van der Waals surface area contributed by atoms with Crippen molar-refractivity contribution in [3.8, 4) is 11.4 Å². The van der Waals surface area contributed by atoms with Crippen molar-refractivity contribution < 1.29 is 0 Å². The molecule has 106 valence electrons. The molecule has 0 amide bonds. The van der Waals surface area contributed by atoms with Crippen LogP contribution in [0.15, 0.2) is 42.7 Å². The lowest BCUT2D eigenvalue weighted by Gasteiger charge is -2.11. The average Bonchev–Trinajstić information content (AvgIpc) is 3.16. The maximum atomic E-state index is 6.09. The lowest BCUT2D eigenvalue weighted by atomic mass is 10.1. The Morgan fingerprint density at radius 2 is 2.19 bits per heavy atom. The highest BCUT2D eigenvalue weighted by Crippen LogP contribution is 2.25. The first-order valence-corrected chi connectivity index (χ1v) is 7.52. The van der Waals surface area contributed by atoms with Crippen LogP contribution in [-0.4, -0.2) is 20.9 Å². The van der Waals surface area contributed by atoms with Crippen molar-refractivity contribution in [3.05, 3.63) is 53.4 Å². The fraction of sp³-hybridized carbons (Fsp3) is 0.250. The maximum absolute atomic E-state index is 6.09. The van der Waals surface area contributed by atoms with Gasteiger partial charge >= 0.3 is 0 Å². The highest BCUT2D eigenvalue weighted by Gasteiger charge is 2.18. The topological polar surface area (TPSA) is 42.2 Å². The summed E-state index contributed by atoms with van der Waals surface area (Å²) in [7, 11) is 0. The summed E-state index contributed by atoms with van der Waals surface area (Å²) in [5.74, 6) is 0. The van der Waals surface area contributed by atoms with Crippen LogP contribution in [0.1, 0.15) is 24.6 Å². The van der Waals surface area contributed by atoms with E-state index < -0.39 is 0 Å². The van der Waals surface area contributed by atoms with Crippen LogP contribution >= 0.6 is 11.6 Å². The molecule has 4 heterocycles. The Morgan fingerprint density at radius 1 is 1.24 bits per heavy atom. The van der Waals surface area contributed by atoms with Gasteiger partial charge < -0.3 is 5.32 Å². The predicted molar refractivity (Wildman–Crippen MR) is 83.4 cm³/mol. The van der Waals surface area contributed by atoms with Crippen molar-refractivity contribution in [3.63, 3.8) is 0 Å². The summed E-state index contributed by atoms with van der Waals surface area (Å²) in [6, 6.07) is 10.3. The van der Waals surface area contributed by atoms with Crippen molar-refractivity contribution in [2.45, 2.75) is 18.9 Å². The second kappa shape index (κ2) is 5.13. The van der Waals surface area contributed by atoms with Crippen molar-refractivity contribution in [1.29, 1.82) is 0 Å². The van der Waals surface area contributed by atoms with E-state index in [1.165, 1.54) is 6.42 Å². The lowest BCUT2D eigenvalue weighted by Crippen LogP contribution is -2.14. The molecular weight excluding hydrogens is 284 g/mol. The second-order valence-electron chi connectivity index (χ2n) is 5.32. The van der Waals surface area contributed by atoms with E-state index in [1.807, 2.05) is 35.0 Å². The van der Waals surface area contributed by atoms with Crippen molar-refractivity contribution in [2.75, 3.05) is 6.54 Å². The number of rotatable bonds is 2. The van der Waals surface area contributed by atoms with Crippen LogP contribution in [0.3, 0.4) is 0 Å². The van der Waals surface area contributed by atoms with Crippen LogP contribution in [0.2, 0.25) is 5.02 Å². The summed E-state index contributed by atoms with van der Waals surface area (Å²) in [6.45, 7) is 1.07. The van der Waals surface area contributed by atoms with Crippen LogP contribution in [0, 0.1) is 0 Å². The molecular formula is C16H15ClN4. The molecule has 1 atom stereocenters. The summed E-state index contributed by atoms with van der Waals surface area (Å²) >= 11 is 6.09. The minimum atomic E-state index is 0.368. The van der Waals surface area contributed by atoms with Crippen molar-refractivity contribution >= 4 is 17.2 Å². The molecule has 0 radical (unpaired) electrons. The zero-order chi connectivity index (χ0) is 14.2. The second-order valence-corrected chi connectivity index (χ2v) is 5.75. The van der Waals surface area contributed by atoms with E-state index in [0.717, 1.165) is 35.7 Å².